The lowest BCUT2D eigenvalue weighted by Gasteiger charge is -2.18. The number of benzene rings is 1. The largest absolute Gasteiger partial charge is 0.355 e. The highest BCUT2D eigenvalue weighted by molar-refractivity contribution is 6.30. The molecular weight excluding hydrogens is 302 g/mol. The molecule has 1 aliphatic rings. The Morgan fingerprint density at radius 1 is 1.27 bits per heavy atom. The minimum atomic E-state index is -0.138. The van der Waals surface area contributed by atoms with Gasteiger partial charge in [-0.15, -0.1) is 0 Å². The van der Waals surface area contributed by atoms with Crippen molar-refractivity contribution in [3.05, 3.63) is 29.3 Å². The van der Waals surface area contributed by atoms with Gasteiger partial charge in [0.1, 0.15) is 6.54 Å². The van der Waals surface area contributed by atoms with Gasteiger partial charge in [-0.25, -0.2) is 4.79 Å². The molecule has 0 bridgehead atoms. The second kappa shape index (κ2) is 7.49. The smallest absolute Gasteiger partial charge is 0.325 e. The van der Waals surface area contributed by atoms with Gasteiger partial charge < -0.3 is 10.2 Å². The Hall–Kier alpha value is -1.75. The van der Waals surface area contributed by atoms with E-state index >= 15 is 0 Å². The summed E-state index contributed by atoms with van der Waals surface area (Å²) < 4.78 is 0. The van der Waals surface area contributed by atoms with Gasteiger partial charge in [0.15, 0.2) is 0 Å². The van der Waals surface area contributed by atoms with Crippen LogP contribution in [-0.2, 0) is 4.79 Å². The number of rotatable bonds is 6. The van der Waals surface area contributed by atoms with Gasteiger partial charge in [-0.2, -0.15) is 0 Å². The number of carbonyl (C=O) groups excluding carboxylic acids is 2. The molecule has 0 unspecified atom stereocenters. The first-order chi connectivity index (χ1) is 10.5. The molecule has 1 aromatic rings. The van der Waals surface area contributed by atoms with E-state index in [1.807, 2.05) is 12.1 Å². The predicted octanol–water partition coefficient (Wildman–Crippen LogP) is 2.74. The molecule has 1 aliphatic heterocycles. The zero-order chi connectivity index (χ0) is 16.1. The molecule has 0 radical (unpaired) electrons. The molecule has 22 heavy (non-hydrogen) atoms. The summed E-state index contributed by atoms with van der Waals surface area (Å²) in [6.45, 7) is 6.12. The SMILES string of the molecule is CC(C)CCNC(=O)CN1CCN(c2ccc(Cl)cc2)C1=O. The second-order valence-electron chi connectivity index (χ2n) is 5.86. The van der Waals surface area contributed by atoms with Crippen molar-refractivity contribution in [1.82, 2.24) is 10.2 Å². The van der Waals surface area contributed by atoms with Crippen molar-refractivity contribution >= 4 is 29.2 Å². The monoisotopic (exact) mass is 323 g/mol. The van der Waals surface area contributed by atoms with Crippen LogP contribution < -0.4 is 10.2 Å². The fourth-order valence-electron chi connectivity index (χ4n) is 2.32. The van der Waals surface area contributed by atoms with Gasteiger partial charge in [-0.05, 0) is 36.6 Å². The van der Waals surface area contributed by atoms with Gasteiger partial charge in [0, 0.05) is 30.3 Å². The molecule has 0 saturated carbocycles. The molecule has 1 heterocycles. The van der Waals surface area contributed by atoms with E-state index in [0.717, 1.165) is 12.1 Å². The van der Waals surface area contributed by atoms with E-state index < -0.39 is 0 Å². The Morgan fingerprint density at radius 3 is 2.59 bits per heavy atom. The van der Waals surface area contributed by atoms with Crippen LogP contribution in [0.25, 0.3) is 0 Å². The molecule has 1 saturated heterocycles. The van der Waals surface area contributed by atoms with E-state index in [1.165, 1.54) is 0 Å². The highest BCUT2D eigenvalue weighted by Gasteiger charge is 2.30. The number of urea groups is 1. The highest BCUT2D eigenvalue weighted by Crippen LogP contribution is 2.22. The third-order valence-electron chi connectivity index (χ3n) is 3.61. The van der Waals surface area contributed by atoms with Crippen LogP contribution >= 0.6 is 11.6 Å². The zero-order valence-electron chi connectivity index (χ0n) is 13.0. The van der Waals surface area contributed by atoms with Gasteiger partial charge in [0.25, 0.3) is 0 Å². The van der Waals surface area contributed by atoms with Gasteiger partial charge in [-0.1, -0.05) is 25.4 Å². The minimum absolute atomic E-state index is 0.105. The van der Waals surface area contributed by atoms with E-state index in [2.05, 4.69) is 19.2 Å². The molecule has 1 aromatic carbocycles. The number of halogens is 1. The fraction of sp³-hybridized carbons (Fsp3) is 0.500. The van der Waals surface area contributed by atoms with E-state index in [-0.39, 0.29) is 18.5 Å². The van der Waals surface area contributed by atoms with Crippen LogP contribution in [0.5, 0.6) is 0 Å². The van der Waals surface area contributed by atoms with E-state index in [4.69, 9.17) is 11.6 Å². The Labute approximate surface area is 136 Å². The maximum Gasteiger partial charge on any atom is 0.325 e. The quantitative estimate of drug-likeness (QED) is 0.875. The molecule has 6 heteroatoms. The summed E-state index contributed by atoms with van der Waals surface area (Å²) in [7, 11) is 0. The molecule has 1 N–H and O–H groups in total. The lowest BCUT2D eigenvalue weighted by molar-refractivity contribution is -0.121. The number of hydrogen-bond donors (Lipinski definition) is 1. The first-order valence-electron chi connectivity index (χ1n) is 7.56. The van der Waals surface area contributed by atoms with Crippen LogP contribution in [0.1, 0.15) is 20.3 Å². The summed E-state index contributed by atoms with van der Waals surface area (Å²) in [6, 6.07) is 7.00. The molecule has 2 rings (SSSR count). The zero-order valence-corrected chi connectivity index (χ0v) is 13.8. The normalized spacial score (nSPS) is 14.8. The molecule has 0 atom stereocenters. The summed E-state index contributed by atoms with van der Waals surface area (Å²) >= 11 is 5.86. The van der Waals surface area contributed by atoms with Crippen LogP contribution in [0.2, 0.25) is 5.02 Å². The van der Waals surface area contributed by atoms with E-state index in [0.29, 0.717) is 30.6 Å². The number of anilines is 1. The van der Waals surface area contributed by atoms with Crippen molar-refractivity contribution in [2.75, 3.05) is 31.1 Å². The Bertz CT molecular complexity index is 531. The third-order valence-corrected chi connectivity index (χ3v) is 3.86. The maximum absolute atomic E-state index is 12.3. The topological polar surface area (TPSA) is 52.7 Å². The lowest BCUT2D eigenvalue weighted by Crippen LogP contribution is -2.40. The second-order valence-corrected chi connectivity index (χ2v) is 6.30. The van der Waals surface area contributed by atoms with Gasteiger partial charge in [0.2, 0.25) is 5.91 Å². The third kappa shape index (κ3) is 4.37. The average molecular weight is 324 g/mol. The lowest BCUT2D eigenvalue weighted by atomic mass is 10.1. The van der Waals surface area contributed by atoms with E-state index in [1.54, 1.807) is 21.9 Å². The van der Waals surface area contributed by atoms with Crippen molar-refractivity contribution in [3.8, 4) is 0 Å². The van der Waals surface area contributed by atoms with Crippen LogP contribution in [0, 0.1) is 5.92 Å². The maximum atomic E-state index is 12.3. The molecule has 5 nitrogen and oxygen atoms in total. The standard InChI is InChI=1S/C16H22ClN3O2/c1-12(2)7-8-18-15(21)11-19-9-10-20(16(19)22)14-5-3-13(17)4-6-14/h3-6,12H,7-11H2,1-2H3,(H,18,21). The first-order valence-corrected chi connectivity index (χ1v) is 7.94. The molecule has 0 aliphatic carbocycles. The average Bonchev–Trinajstić information content (AvgIpc) is 2.81. The van der Waals surface area contributed by atoms with Crippen LogP contribution in [0.4, 0.5) is 10.5 Å². The number of nitrogens with zero attached hydrogens (tertiary/aromatic N) is 2. The summed E-state index contributed by atoms with van der Waals surface area (Å²) in [5.74, 6) is 0.445. The molecule has 120 valence electrons. The molecule has 0 spiro atoms. The van der Waals surface area contributed by atoms with Crippen molar-refractivity contribution in [1.29, 1.82) is 0 Å². The molecule has 3 amide bonds. The Kier molecular flexibility index (Phi) is 5.66. The number of hydrogen-bond acceptors (Lipinski definition) is 2. The molecule has 1 fully saturated rings. The summed E-state index contributed by atoms with van der Waals surface area (Å²) in [5, 5.41) is 3.49. The van der Waals surface area contributed by atoms with Crippen LogP contribution in [-0.4, -0.2) is 43.0 Å². The Morgan fingerprint density at radius 2 is 1.95 bits per heavy atom. The number of nitrogens with one attached hydrogen (secondary N) is 1. The predicted molar refractivity (Wildman–Crippen MR) is 88.2 cm³/mol. The number of carbonyl (C=O) groups is 2. The summed E-state index contributed by atoms with van der Waals surface area (Å²) in [6.07, 6.45) is 0.941. The molecular formula is C16H22ClN3O2. The Balaban J connectivity index is 1.86. The van der Waals surface area contributed by atoms with Gasteiger partial charge >= 0.3 is 6.03 Å². The highest BCUT2D eigenvalue weighted by atomic mass is 35.5. The first kappa shape index (κ1) is 16.6. The summed E-state index contributed by atoms with van der Waals surface area (Å²) in [5.41, 5.74) is 0.803. The minimum Gasteiger partial charge on any atom is -0.355 e. The summed E-state index contributed by atoms with van der Waals surface area (Å²) in [4.78, 5) is 27.5. The fourth-order valence-corrected chi connectivity index (χ4v) is 2.45. The van der Waals surface area contributed by atoms with E-state index in [9.17, 15) is 9.59 Å². The van der Waals surface area contributed by atoms with Crippen LogP contribution in [0.3, 0.4) is 0 Å². The van der Waals surface area contributed by atoms with Gasteiger partial charge in [-0.3, -0.25) is 9.69 Å². The molecule has 0 aromatic heterocycles. The van der Waals surface area contributed by atoms with Crippen molar-refractivity contribution in [2.45, 2.75) is 20.3 Å². The van der Waals surface area contributed by atoms with Gasteiger partial charge in [0.05, 0.1) is 0 Å². The van der Waals surface area contributed by atoms with Crippen molar-refractivity contribution in [3.63, 3.8) is 0 Å². The van der Waals surface area contributed by atoms with Crippen molar-refractivity contribution < 1.29 is 9.59 Å². The van der Waals surface area contributed by atoms with Crippen LogP contribution in [0.15, 0.2) is 24.3 Å². The van der Waals surface area contributed by atoms with Crippen molar-refractivity contribution in [2.24, 2.45) is 5.92 Å². The number of amides is 3.